The molecule has 6 nitrogen and oxygen atoms in total. The van der Waals surface area contributed by atoms with E-state index >= 15 is 0 Å². The number of imide groups is 1. The van der Waals surface area contributed by atoms with Crippen LogP contribution in [0.25, 0.3) is 0 Å². The number of hydrogen-bond acceptors (Lipinski definition) is 4. The SMILES string of the molecule is CN(C)C(CNC(=O)c1cccc(CN2C(=O)c3ccccc3C2=O)c1)c1cccc(F)c1. The van der Waals surface area contributed by atoms with E-state index in [-0.39, 0.29) is 42.7 Å². The van der Waals surface area contributed by atoms with Crippen LogP contribution in [0.15, 0.2) is 72.8 Å². The van der Waals surface area contributed by atoms with E-state index in [4.69, 9.17) is 0 Å². The Balaban J connectivity index is 1.45. The smallest absolute Gasteiger partial charge is 0.261 e. The quantitative estimate of drug-likeness (QED) is 0.564. The normalized spacial score (nSPS) is 13.9. The molecule has 0 bridgehead atoms. The van der Waals surface area contributed by atoms with Gasteiger partial charge >= 0.3 is 0 Å². The number of nitrogens with one attached hydrogen (secondary N) is 1. The van der Waals surface area contributed by atoms with Gasteiger partial charge in [-0.05, 0) is 61.6 Å². The molecule has 0 aromatic heterocycles. The van der Waals surface area contributed by atoms with Gasteiger partial charge in [0, 0.05) is 12.1 Å². The molecule has 0 saturated carbocycles. The number of likely N-dealkylation sites (N-methyl/N-ethyl adjacent to an activating group) is 1. The second-order valence-corrected chi connectivity index (χ2v) is 8.19. The lowest BCUT2D eigenvalue weighted by Gasteiger charge is -2.25. The summed E-state index contributed by atoms with van der Waals surface area (Å²) < 4.78 is 13.7. The monoisotopic (exact) mass is 445 g/mol. The van der Waals surface area contributed by atoms with E-state index in [0.29, 0.717) is 22.3 Å². The molecule has 0 aliphatic carbocycles. The summed E-state index contributed by atoms with van der Waals surface area (Å²) in [5.74, 6) is -1.29. The topological polar surface area (TPSA) is 69.7 Å². The maximum Gasteiger partial charge on any atom is 0.261 e. The van der Waals surface area contributed by atoms with E-state index in [1.54, 1.807) is 54.6 Å². The maximum atomic E-state index is 13.7. The Morgan fingerprint density at radius 3 is 2.24 bits per heavy atom. The molecule has 3 amide bonds. The van der Waals surface area contributed by atoms with Gasteiger partial charge in [-0.1, -0.05) is 36.4 Å². The lowest BCUT2D eigenvalue weighted by Crippen LogP contribution is -2.34. The average Bonchev–Trinajstić information content (AvgIpc) is 3.04. The number of benzene rings is 3. The first-order valence-corrected chi connectivity index (χ1v) is 10.6. The second-order valence-electron chi connectivity index (χ2n) is 8.19. The molecule has 33 heavy (non-hydrogen) atoms. The van der Waals surface area contributed by atoms with Crippen molar-refractivity contribution in [3.63, 3.8) is 0 Å². The summed E-state index contributed by atoms with van der Waals surface area (Å²) in [6, 6.07) is 19.7. The van der Waals surface area contributed by atoms with Crippen LogP contribution in [0, 0.1) is 5.82 Å². The van der Waals surface area contributed by atoms with Crippen LogP contribution >= 0.6 is 0 Å². The Kier molecular flexibility index (Phi) is 6.33. The van der Waals surface area contributed by atoms with Gasteiger partial charge in [0.15, 0.2) is 0 Å². The first-order valence-electron chi connectivity index (χ1n) is 10.6. The summed E-state index contributed by atoms with van der Waals surface area (Å²) >= 11 is 0. The van der Waals surface area contributed by atoms with E-state index in [9.17, 15) is 18.8 Å². The molecule has 0 fully saturated rings. The van der Waals surface area contributed by atoms with E-state index in [0.717, 1.165) is 5.56 Å². The molecule has 0 saturated heterocycles. The van der Waals surface area contributed by atoms with Crippen molar-refractivity contribution in [1.29, 1.82) is 0 Å². The number of hydrogen-bond donors (Lipinski definition) is 1. The lowest BCUT2D eigenvalue weighted by molar-refractivity contribution is 0.0642. The van der Waals surface area contributed by atoms with Crippen LogP contribution in [0.1, 0.15) is 48.2 Å². The molecule has 0 spiro atoms. The highest BCUT2D eigenvalue weighted by Crippen LogP contribution is 2.24. The summed E-state index contributed by atoms with van der Waals surface area (Å²) in [6.07, 6.45) is 0. The van der Waals surface area contributed by atoms with Crippen LogP contribution in [0.3, 0.4) is 0 Å². The lowest BCUT2D eigenvalue weighted by atomic mass is 10.1. The van der Waals surface area contributed by atoms with E-state index in [1.165, 1.54) is 17.0 Å². The number of nitrogens with zero attached hydrogens (tertiary/aromatic N) is 2. The van der Waals surface area contributed by atoms with Gasteiger partial charge in [0.05, 0.1) is 23.7 Å². The summed E-state index contributed by atoms with van der Waals surface area (Å²) in [7, 11) is 3.73. The van der Waals surface area contributed by atoms with Gasteiger partial charge in [-0.3, -0.25) is 19.3 Å². The van der Waals surface area contributed by atoms with E-state index in [1.807, 2.05) is 25.1 Å². The number of halogens is 1. The van der Waals surface area contributed by atoms with Crippen LogP contribution in [0.5, 0.6) is 0 Å². The minimum Gasteiger partial charge on any atom is -0.350 e. The Morgan fingerprint density at radius 2 is 1.61 bits per heavy atom. The van der Waals surface area contributed by atoms with Gasteiger partial charge in [-0.2, -0.15) is 0 Å². The van der Waals surface area contributed by atoms with Gasteiger partial charge in [0.2, 0.25) is 0 Å². The van der Waals surface area contributed by atoms with Crippen molar-refractivity contribution >= 4 is 17.7 Å². The van der Waals surface area contributed by atoms with Crippen LogP contribution in [0.4, 0.5) is 4.39 Å². The zero-order valence-corrected chi connectivity index (χ0v) is 18.4. The molecule has 168 valence electrons. The van der Waals surface area contributed by atoms with Crippen molar-refractivity contribution in [2.24, 2.45) is 0 Å². The Morgan fingerprint density at radius 1 is 0.939 bits per heavy atom. The molecule has 3 aromatic carbocycles. The number of amides is 3. The largest absolute Gasteiger partial charge is 0.350 e. The standard InChI is InChI=1S/C26H24FN3O3/c1-29(2)23(18-8-6-10-20(27)14-18)15-28-24(31)19-9-5-7-17(13-19)16-30-25(32)21-11-3-4-12-22(21)26(30)33/h3-14,23H,15-16H2,1-2H3,(H,28,31). The average molecular weight is 445 g/mol. The van der Waals surface area contributed by atoms with Gasteiger partial charge in [-0.25, -0.2) is 4.39 Å². The maximum absolute atomic E-state index is 13.7. The van der Waals surface area contributed by atoms with E-state index in [2.05, 4.69) is 5.32 Å². The van der Waals surface area contributed by atoms with Crippen LogP contribution < -0.4 is 5.32 Å². The molecule has 1 N–H and O–H groups in total. The summed E-state index contributed by atoms with van der Waals surface area (Å²) in [4.78, 5) is 41.2. The molecule has 1 heterocycles. The van der Waals surface area contributed by atoms with Crippen molar-refractivity contribution in [1.82, 2.24) is 15.1 Å². The predicted octanol–water partition coefficient (Wildman–Crippen LogP) is 3.65. The third-order valence-corrected chi connectivity index (χ3v) is 5.72. The van der Waals surface area contributed by atoms with Crippen LogP contribution in [0.2, 0.25) is 0 Å². The molecule has 1 unspecified atom stereocenters. The van der Waals surface area contributed by atoms with Crippen molar-refractivity contribution in [2.45, 2.75) is 12.6 Å². The zero-order chi connectivity index (χ0) is 23.5. The first kappa shape index (κ1) is 22.4. The summed E-state index contributed by atoms with van der Waals surface area (Å²) in [5.41, 5.74) is 2.64. The fourth-order valence-electron chi connectivity index (χ4n) is 3.98. The van der Waals surface area contributed by atoms with Gasteiger partial charge in [-0.15, -0.1) is 0 Å². The van der Waals surface area contributed by atoms with Gasteiger partial charge < -0.3 is 10.2 Å². The molecular formula is C26H24FN3O3. The molecular weight excluding hydrogens is 421 g/mol. The third kappa shape index (κ3) is 4.68. The Hall–Kier alpha value is -3.84. The zero-order valence-electron chi connectivity index (χ0n) is 18.4. The second kappa shape index (κ2) is 9.34. The fraction of sp³-hybridized carbons (Fsp3) is 0.192. The fourth-order valence-corrected chi connectivity index (χ4v) is 3.98. The summed E-state index contributed by atoms with van der Waals surface area (Å²) in [5, 5.41) is 2.90. The van der Waals surface area contributed by atoms with Crippen LogP contribution in [-0.4, -0.2) is 48.2 Å². The minimum absolute atomic E-state index is 0.0804. The first-order chi connectivity index (χ1) is 15.8. The molecule has 1 aliphatic heterocycles. The Bertz CT molecular complexity index is 1190. The van der Waals surface area contributed by atoms with Crippen molar-refractivity contribution in [3.05, 3.63) is 106 Å². The highest BCUT2D eigenvalue weighted by Gasteiger charge is 2.35. The number of carbonyl (C=O) groups excluding carboxylic acids is 3. The highest BCUT2D eigenvalue weighted by molar-refractivity contribution is 6.21. The number of rotatable bonds is 7. The number of fused-ring (bicyclic) bond motifs is 1. The molecule has 0 radical (unpaired) electrons. The van der Waals surface area contributed by atoms with Crippen LogP contribution in [-0.2, 0) is 6.54 Å². The molecule has 7 heteroatoms. The molecule has 1 atom stereocenters. The highest BCUT2D eigenvalue weighted by atomic mass is 19.1. The summed E-state index contributed by atoms with van der Waals surface area (Å²) in [6.45, 7) is 0.370. The van der Waals surface area contributed by atoms with Gasteiger partial charge in [0.25, 0.3) is 17.7 Å². The molecule has 4 rings (SSSR count). The third-order valence-electron chi connectivity index (χ3n) is 5.72. The molecule has 1 aliphatic rings. The van der Waals surface area contributed by atoms with Crippen molar-refractivity contribution < 1.29 is 18.8 Å². The molecule has 3 aromatic rings. The van der Waals surface area contributed by atoms with Crippen molar-refractivity contribution in [3.8, 4) is 0 Å². The minimum atomic E-state index is -0.339. The van der Waals surface area contributed by atoms with Crippen molar-refractivity contribution in [2.75, 3.05) is 20.6 Å². The van der Waals surface area contributed by atoms with Gasteiger partial charge in [0.1, 0.15) is 5.82 Å². The Labute approximate surface area is 191 Å². The predicted molar refractivity (Wildman–Crippen MR) is 122 cm³/mol. The number of carbonyl (C=O) groups is 3. The van der Waals surface area contributed by atoms with E-state index < -0.39 is 0 Å².